The van der Waals surface area contributed by atoms with Crippen molar-refractivity contribution in [2.45, 2.75) is 44.6 Å². The minimum atomic E-state index is -0.346. The predicted octanol–water partition coefficient (Wildman–Crippen LogP) is 1.57. The van der Waals surface area contributed by atoms with Gasteiger partial charge >= 0.3 is 0 Å². The molecule has 2 amide bonds. The number of hydrogen-bond acceptors (Lipinski definition) is 5. The van der Waals surface area contributed by atoms with E-state index >= 15 is 0 Å². The summed E-state index contributed by atoms with van der Waals surface area (Å²) in [6.45, 7) is 6.40. The molecule has 0 aromatic carbocycles. The van der Waals surface area contributed by atoms with E-state index in [4.69, 9.17) is 0 Å². The van der Waals surface area contributed by atoms with Crippen molar-refractivity contribution in [3.05, 3.63) is 30.1 Å². The molecule has 1 spiro atoms. The maximum Gasteiger partial charge on any atom is 0.226 e. The highest BCUT2D eigenvalue weighted by molar-refractivity contribution is 5.90. The summed E-state index contributed by atoms with van der Waals surface area (Å²) in [4.78, 5) is 33.5. The Balaban J connectivity index is 1.21. The number of carbonyl (C=O) groups is 2. The van der Waals surface area contributed by atoms with Crippen LogP contribution in [-0.2, 0) is 9.59 Å². The highest BCUT2D eigenvalue weighted by Gasteiger charge is 2.42. The van der Waals surface area contributed by atoms with Crippen LogP contribution < -0.4 is 10.6 Å². The summed E-state index contributed by atoms with van der Waals surface area (Å²) in [6.07, 6.45) is 9.95. The first kappa shape index (κ1) is 21.2. The van der Waals surface area contributed by atoms with E-state index in [-0.39, 0.29) is 30.2 Å². The molecule has 30 heavy (non-hydrogen) atoms. The molecule has 1 aromatic heterocycles. The van der Waals surface area contributed by atoms with Crippen molar-refractivity contribution < 1.29 is 9.59 Å². The SMILES string of the molecule is CN1C(=O)C[C@H](C(=O)NCCCN2CCC3(CCNCC3)CC2)[C@H]1c1cccnc1. The average Bonchev–Trinajstić information content (AvgIpc) is 3.08. The van der Waals surface area contributed by atoms with E-state index in [0.29, 0.717) is 12.0 Å². The van der Waals surface area contributed by atoms with Crippen LogP contribution in [0.1, 0.15) is 50.1 Å². The van der Waals surface area contributed by atoms with Crippen LogP contribution >= 0.6 is 0 Å². The normalized spacial score (nSPS) is 26.8. The minimum absolute atomic E-state index is 0.0177. The zero-order valence-corrected chi connectivity index (χ0v) is 18.1. The Bertz CT molecular complexity index is 724. The van der Waals surface area contributed by atoms with E-state index in [1.807, 2.05) is 12.1 Å². The van der Waals surface area contributed by atoms with Gasteiger partial charge in [-0.1, -0.05) is 6.07 Å². The van der Waals surface area contributed by atoms with E-state index in [9.17, 15) is 9.59 Å². The van der Waals surface area contributed by atoms with Crippen LogP contribution in [0.15, 0.2) is 24.5 Å². The summed E-state index contributed by atoms with van der Waals surface area (Å²) in [5, 5.41) is 6.57. The van der Waals surface area contributed by atoms with Gasteiger partial charge in [-0.2, -0.15) is 0 Å². The van der Waals surface area contributed by atoms with Gasteiger partial charge < -0.3 is 20.4 Å². The van der Waals surface area contributed by atoms with Gasteiger partial charge in [0.1, 0.15) is 0 Å². The topological polar surface area (TPSA) is 77.6 Å². The highest BCUT2D eigenvalue weighted by atomic mass is 16.2. The first-order valence-corrected chi connectivity index (χ1v) is 11.4. The van der Waals surface area contributed by atoms with Crippen molar-refractivity contribution in [1.82, 2.24) is 25.4 Å². The lowest BCUT2D eigenvalue weighted by Gasteiger charge is -2.44. The van der Waals surface area contributed by atoms with Gasteiger partial charge in [-0.3, -0.25) is 14.6 Å². The van der Waals surface area contributed by atoms with Gasteiger partial charge in [0.2, 0.25) is 11.8 Å². The van der Waals surface area contributed by atoms with Gasteiger partial charge in [0.15, 0.2) is 0 Å². The number of nitrogens with zero attached hydrogens (tertiary/aromatic N) is 3. The zero-order valence-electron chi connectivity index (χ0n) is 18.1. The molecule has 4 heterocycles. The number of hydrogen-bond donors (Lipinski definition) is 2. The molecule has 4 rings (SSSR count). The van der Waals surface area contributed by atoms with Crippen molar-refractivity contribution in [3.63, 3.8) is 0 Å². The van der Waals surface area contributed by atoms with E-state index in [2.05, 4.69) is 20.5 Å². The smallest absolute Gasteiger partial charge is 0.226 e. The lowest BCUT2D eigenvalue weighted by Crippen LogP contribution is -2.46. The minimum Gasteiger partial charge on any atom is -0.356 e. The van der Waals surface area contributed by atoms with Crippen LogP contribution in [0.25, 0.3) is 0 Å². The summed E-state index contributed by atoms with van der Waals surface area (Å²) >= 11 is 0. The second kappa shape index (κ2) is 9.43. The summed E-state index contributed by atoms with van der Waals surface area (Å²) in [5.74, 6) is -0.348. The fourth-order valence-corrected chi connectivity index (χ4v) is 5.47. The number of piperidine rings is 2. The van der Waals surface area contributed by atoms with E-state index in [1.165, 1.54) is 51.9 Å². The maximum absolute atomic E-state index is 12.8. The Morgan fingerprint density at radius 3 is 2.73 bits per heavy atom. The number of rotatable bonds is 6. The summed E-state index contributed by atoms with van der Waals surface area (Å²) in [7, 11) is 1.78. The largest absolute Gasteiger partial charge is 0.356 e. The van der Waals surface area contributed by atoms with Gasteiger partial charge in [0.25, 0.3) is 0 Å². The van der Waals surface area contributed by atoms with Crippen LogP contribution in [-0.4, -0.2) is 72.9 Å². The molecule has 2 N–H and O–H groups in total. The number of likely N-dealkylation sites (tertiary alicyclic amines) is 2. The third kappa shape index (κ3) is 4.67. The molecule has 2 atom stereocenters. The average molecular weight is 414 g/mol. The van der Waals surface area contributed by atoms with E-state index in [1.54, 1.807) is 24.3 Å². The molecule has 0 aliphatic carbocycles. The molecule has 164 valence electrons. The highest BCUT2D eigenvalue weighted by Crippen LogP contribution is 2.39. The van der Waals surface area contributed by atoms with Crippen molar-refractivity contribution in [3.8, 4) is 0 Å². The van der Waals surface area contributed by atoms with Crippen molar-refractivity contribution in [2.24, 2.45) is 11.3 Å². The molecule has 0 radical (unpaired) electrons. The number of nitrogens with one attached hydrogen (secondary N) is 2. The quantitative estimate of drug-likeness (QED) is 0.693. The van der Waals surface area contributed by atoms with Gasteiger partial charge in [-0.15, -0.1) is 0 Å². The maximum atomic E-state index is 12.8. The fourth-order valence-electron chi connectivity index (χ4n) is 5.47. The molecule has 1 aromatic rings. The molecular formula is C23H35N5O2. The molecule has 3 aliphatic heterocycles. The molecule has 3 saturated heterocycles. The van der Waals surface area contributed by atoms with Crippen LogP contribution in [0, 0.1) is 11.3 Å². The Morgan fingerprint density at radius 1 is 1.27 bits per heavy atom. The standard InChI is InChI=1S/C23H35N5O2/c1-27-20(29)16-19(21(27)18-4-2-9-25-17-18)22(30)26-10-3-13-28-14-7-23(8-15-28)5-11-24-12-6-23/h2,4,9,17,19,21,24H,3,5-8,10-16H2,1H3,(H,26,30)/t19-,21+/m0/s1. The number of amides is 2. The van der Waals surface area contributed by atoms with E-state index < -0.39 is 0 Å². The van der Waals surface area contributed by atoms with Gasteiger partial charge in [0, 0.05) is 32.4 Å². The Morgan fingerprint density at radius 2 is 2.03 bits per heavy atom. The van der Waals surface area contributed by atoms with Gasteiger partial charge in [0.05, 0.1) is 12.0 Å². The summed E-state index contributed by atoms with van der Waals surface area (Å²) < 4.78 is 0. The third-order valence-electron chi connectivity index (χ3n) is 7.48. The monoisotopic (exact) mass is 413 g/mol. The summed E-state index contributed by atoms with van der Waals surface area (Å²) in [5.41, 5.74) is 1.50. The third-order valence-corrected chi connectivity index (χ3v) is 7.48. The van der Waals surface area contributed by atoms with Crippen LogP contribution in [0.2, 0.25) is 0 Å². The van der Waals surface area contributed by atoms with Crippen LogP contribution in [0.5, 0.6) is 0 Å². The second-order valence-electron chi connectivity index (χ2n) is 9.28. The first-order chi connectivity index (χ1) is 14.6. The second-order valence-corrected chi connectivity index (χ2v) is 9.28. The van der Waals surface area contributed by atoms with Gasteiger partial charge in [-0.25, -0.2) is 0 Å². The summed E-state index contributed by atoms with van der Waals surface area (Å²) in [6, 6.07) is 3.57. The van der Waals surface area contributed by atoms with Crippen LogP contribution in [0.3, 0.4) is 0 Å². The molecular weight excluding hydrogens is 378 g/mol. The molecule has 3 aliphatic rings. The van der Waals surface area contributed by atoms with Crippen molar-refractivity contribution >= 4 is 11.8 Å². The molecule has 0 saturated carbocycles. The Hall–Kier alpha value is -1.99. The molecule has 0 unspecified atom stereocenters. The number of carbonyl (C=O) groups excluding carboxylic acids is 2. The molecule has 7 nitrogen and oxygen atoms in total. The lowest BCUT2D eigenvalue weighted by molar-refractivity contribution is -0.128. The zero-order chi connectivity index (χ0) is 21.0. The Kier molecular flexibility index (Phi) is 6.68. The number of aromatic nitrogens is 1. The molecule has 3 fully saturated rings. The first-order valence-electron chi connectivity index (χ1n) is 11.4. The number of pyridine rings is 1. The van der Waals surface area contributed by atoms with Gasteiger partial charge in [-0.05, 0) is 81.9 Å². The molecule has 0 bridgehead atoms. The fraction of sp³-hybridized carbons (Fsp3) is 0.696. The lowest BCUT2D eigenvalue weighted by atomic mass is 9.71. The van der Waals surface area contributed by atoms with Crippen LogP contribution in [0.4, 0.5) is 0 Å². The van der Waals surface area contributed by atoms with E-state index in [0.717, 1.165) is 18.5 Å². The predicted molar refractivity (Wildman–Crippen MR) is 116 cm³/mol. The van der Waals surface area contributed by atoms with Crippen molar-refractivity contribution in [2.75, 3.05) is 46.3 Å². The molecule has 7 heteroatoms. The Labute approximate surface area is 179 Å². The van der Waals surface area contributed by atoms with Crippen molar-refractivity contribution in [1.29, 1.82) is 0 Å².